The standard InChI is InChI=1S/C13H16N2O3/c16-15(17)12-5-3-11(4-6-12)10-14-8-7-13-2-1-9-18-13/h3-8,13-14H,1-2,9-10H2/b8-7+. The van der Waals surface area contributed by atoms with Crippen LogP contribution in [0.15, 0.2) is 36.5 Å². The summed E-state index contributed by atoms with van der Waals surface area (Å²) in [6, 6.07) is 6.54. The van der Waals surface area contributed by atoms with Crippen LogP contribution in [-0.2, 0) is 11.3 Å². The number of nitrogens with zero attached hydrogens (tertiary/aromatic N) is 1. The van der Waals surface area contributed by atoms with Crippen molar-refractivity contribution in [2.45, 2.75) is 25.5 Å². The van der Waals surface area contributed by atoms with Crippen LogP contribution in [0.3, 0.4) is 0 Å². The van der Waals surface area contributed by atoms with Gasteiger partial charge in [0, 0.05) is 25.3 Å². The van der Waals surface area contributed by atoms with Crippen LogP contribution in [0.1, 0.15) is 18.4 Å². The van der Waals surface area contributed by atoms with Gasteiger partial charge in [0.25, 0.3) is 5.69 Å². The minimum atomic E-state index is -0.394. The Morgan fingerprint density at radius 1 is 1.44 bits per heavy atom. The molecule has 2 rings (SSSR count). The minimum absolute atomic E-state index is 0.119. The van der Waals surface area contributed by atoms with E-state index in [2.05, 4.69) is 5.32 Å². The van der Waals surface area contributed by atoms with E-state index in [1.165, 1.54) is 12.1 Å². The summed E-state index contributed by atoms with van der Waals surface area (Å²) in [5, 5.41) is 13.6. The number of hydrogen-bond donors (Lipinski definition) is 1. The van der Waals surface area contributed by atoms with Crippen molar-refractivity contribution < 1.29 is 9.66 Å². The van der Waals surface area contributed by atoms with E-state index in [4.69, 9.17) is 4.74 Å². The second-order valence-electron chi connectivity index (χ2n) is 4.22. The molecule has 1 aliphatic heterocycles. The van der Waals surface area contributed by atoms with Crippen molar-refractivity contribution in [1.82, 2.24) is 5.32 Å². The van der Waals surface area contributed by atoms with E-state index in [1.54, 1.807) is 12.1 Å². The molecule has 0 saturated carbocycles. The third-order valence-electron chi connectivity index (χ3n) is 2.85. The number of benzene rings is 1. The molecule has 96 valence electrons. The summed E-state index contributed by atoms with van der Waals surface area (Å²) in [6.07, 6.45) is 6.33. The Morgan fingerprint density at radius 3 is 2.83 bits per heavy atom. The van der Waals surface area contributed by atoms with Crippen molar-refractivity contribution in [2.24, 2.45) is 0 Å². The van der Waals surface area contributed by atoms with E-state index in [1.807, 2.05) is 12.3 Å². The molecule has 0 aliphatic carbocycles. The molecule has 0 amide bonds. The van der Waals surface area contributed by atoms with Gasteiger partial charge in [0.15, 0.2) is 0 Å². The molecule has 18 heavy (non-hydrogen) atoms. The quantitative estimate of drug-likeness (QED) is 0.641. The van der Waals surface area contributed by atoms with Crippen LogP contribution in [0.5, 0.6) is 0 Å². The molecule has 0 radical (unpaired) electrons. The summed E-state index contributed by atoms with van der Waals surface area (Å²) in [6.45, 7) is 1.50. The van der Waals surface area contributed by atoms with E-state index < -0.39 is 4.92 Å². The van der Waals surface area contributed by atoms with Gasteiger partial charge >= 0.3 is 0 Å². The second kappa shape index (κ2) is 6.16. The zero-order valence-electron chi connectivity index (χ0n) is 10.0. The first-order valence-electron chi connectivity index (χ1n) is 6.01. The fourth-order valence-corrected chi connectivity index (χ4v) is 1.84. The van der Waals surface area contributed by atoms with E-state index in [0.29, 0.717) is 6.54 Å². The summed E-state index contributed by atoms with van der Waals surface area (Å²) >= 11 is 0. The van der Waals surface area contributed by atoms with Gasteiger partial charge in [0.1, 0.15) is 0 Å². The van der Waals surface area contributed by atoms with Gasteiger partial charge in [-0.25, -0.2) is 0 Å². The lowest BCUT2D eigenvalue weighted by Crippen LogP contribution is -2.07. The molecule has 1 aliphatic rings. The van der Waals surface area contributed by atoms with Crippen molar-refractivity contribution in [3.63, 3.8) is 0 Å². The van der Waals surface area contributed by atoms with Crippen LogP contribution in [0.25, 0.3) is 0 Å². The fourth-order valence-electron chi connectivity index (χ4n) is 1.84. The smallest absolute Gasteiger partial charge is 0.269 e. The zero-order valence-corrected chi connectivity index (χ0v) is 10.0. The molecule has 1 aromatic rings. The van der Waals surface area contributed by atoms with E-state index in [-0.39, 0.29) is 11.8 Å². The zero-order chi connectivity index (χ0) is 12.8. The lowest BCUT2D eigenvalue weighted by atomic mass is 10.2. The molecular weight excluding hydrogens is 232 g/mol. The summed E-state index contributed by atoms with van der Waals surface area (Å²) in [5.74, 6) is 0. The molecular formula is C13H16N2O3. The monoisotopic (exact) mass is 248 g/mol. The van der Waals surface area contributed by atoms with E-state index in [0.717, 1.165) is 25.0 Å². The van der Waals surface area contributed by atoms with Gasteiger partial charge < -0.3 is 10.1 Å². The summed E-state index contributed by atoms with van der Waals surface area (Å²) in [7, 11) is 0. The number of ether oxygens (including phenoxy) is 1. The van der Waals surface area contributed by atoms with E-state index in [9.17, 15) is 10.1 Å². The highest BCUT2D eigenvalue weighted by molar-refractivity contribution is 5.32. The topological polar surface area (TPSA) is 64.4 Å². The predicted octanol–water partition coefficient (Wildman–Crippen LogP) is 2.38. The first-order valence-corrected chi connectivity index (χ1v) is 6.01. The van der Waals surface area contributed by atoms with Gasteiger partial charge in [-0.15, -0.1) is 0 Å². The van der Waals surface area contributed by atoms with Crippen LogP contribution >= 0.6 is 0 Å². The lowest BCUT2D eigenvalue weighted by molar-refractivity contribution is -0.384. The Labute approximate surface area is 106 Å². The molecule has 1 saturated heterocycles. The minimum Gasteiger partial charge on any atom is -0.387 e. The van der Waals surface area contributed by atoms with Crippen LogP contribution < -0.4 is 5.32 Å². The number of rotatable bonds is 5. The molecule has 1 aromatic carbocycles. The fraction of sp³-hybridized carbons (Fsp3) is 0.385. The molecule has 0 aromatic heterocycles. The van der Waals surface area contributed by atoms with Gasteiger partial charge in [-0.2, -0.15) is 0 Å². The molecule has 5 heteroatoms. The molecule has 5 nitrogen and oxygen atoms in total. The highest BCUT2D eigenvalue weighted by Gasteiger charge is 2.10. The maximum absolute atomic E-state index is 10.5. The largest absolute Gasteiger partial charge is 0.387 e. The van der Waals surface area contributed by atoms with Gasteiger partial charge in [0.2, 0.25) is 0 Å². The normalized spacial score (nSPS) is 19.2. The average Bonchev–Trinajstić information content (AvgIpc) is 2.88. The maximum atomic E-state index is 10.5. The molecule has 1 N–H and O–H groups in total. The third-order valence-corrected chi connectivity index (χ3v) is 2.85. The maximum Gasteiger partial charge on any atom is 0.269 e. The lowest BCUT2D eigenvalue weighted by Gasteiger charge is -2.04. The van der Waals surface area contributed by atoms with Gasteiger partial charge in [-0.3, -0.25) is 10.1 Å². The van der Waals surface area contributed by atoms with Crippen molar-refractivity contribution >= 4 is 5.69 Å². The highest BCUT2D eigenvalue weighted by Crippen LogP contribution is 2.13. The first-order chi connectivity index (χ1) is 8.75. The second-order valence-corrected chi connectivity index (χ2v) is 4.22. The third kappa shape index (κ3) is 3.56. The summed E-state index contributed by atoms with van der Waals surface area (Å²) in [4.78, 5) is 10.1. The van der Waals surface area contributed by atoms with Crippen LogP contribution in [0.2, 0.25) is 0 Å². The Hall–Kier alpha value is -1.88. The highest BCUT2D eigenvalue weighted by atomic mass is 16.6. The number of non-ortho nitro benzene ring substituents is 1. The van der Waals surface area contributed by atoms with Crippen molar-refractivity contribution in [3.8, 4) is 0 Å². The number of nitro groups is 1. The van der Waals surface area contributed by atoms with Gasteiger partial charge in [-0.05, 0) is 30.7 Å². The number of hydrogen-bond acceptors (Lipinski definition) is 4. The predicted molar refractivity (Wildman–Crippen MR) is 68.1 cm³/mol. The van der Waals surface area contributed by atoms with E-state index >= 15 is 0 Å². The molecule has 1 atom stereocenters. The first kappa shape index (κ1) is 12.6. The van der Waals surface area contributed by atoms with Gasteiger partial charge in [-0.1, -0.05) is 12.1 Å². The Bertz CT molecular complexity index is 422. The van der Waals surface area contributed by atoms with Crippen molar-refractivity contribution in [3.05, 3.63) is 52.2 Å². The van der Waals surface area contributed by atoms with Crippen LogP contribution in [-0.4, -0.2) is 17.6 Å². The molecule has 1 unspecified atom stereocenters. The SMILES string of the molecule is O=[N+]([O-])c1ccc(CN/C=C/C2CCCO2)cc1. The Kier molecular flexibility index (Phi) is 4.30. The van der Waals surface area contributed by atoms with Crippen LogP contribution in [0.4, 0.5) is 5.69 Å². The summed E-state index contributed by atoms with van der Waals surface area (Å²) in [5.41, 5.74) is 1.13. The molecule has 1 fully saturated rings. The van der Waals surface area contributed by atoms with Crippen LogP contribution in [0, 0.1) is 10.1 Å². The Morgan fingerprint density at radius 2 is 2.22 bits per heavy atom. The Balaban J connectivity index is 1.77. The molecule has 0 bridgehead atoms. The summed E-state index contributed by atoms with van der Waals surface area (Å²) < 4.78 is 5.45. The van der Waals surface area contributed by atoms with Crippen molar-refractivity contribution in [1.29, 1.82) is 0 Å². The molecule has 1 heterocycles. The average molecular weight is 248 g/mol. The van der Waals surface area contributed by atoms with Crippen molar-refractivity contribution in [2.75, 3.05) is 6.61 Å². The molecule has 0 spiro atoms. The van der Waals surface area contributed by atoms with Gasteiger partial charge in [0.05, 0.1) is 11.0 Å². The number of nitro benzene ring substituents is 1. The number of nitrogens with one attached hydrogen (secondary N) is 1.